The molecule has 0 unspecified atom stereocenters. The summed E-state index contributed by atoms with van der Waals surface area (Å²) in [5.74, 6) is 0. The van der Waals surface area contributed by atoms with Crippen molar-refractivity contribution in [1.82, 2.24) is 15.1 Å². The van der Waals surface area contributed by atoms with E-state index in [-0.39, 0.29) is 0 Å². The van der Waals surface area contributed by atoms with Crippen molar-refractivity contribution in [2.75, 3.05) is 13.2 Å². The third kappa shape index (κ3) is 3.76. The van der Waals surface area contributed by atoms with Gasteiger partial charge in [0, 0.05) is 37.4 Å². The quantitative estimate of drug-likeness (QED) is 0.922. The fourth-order valence-corrected chi connectivity index (χ4v) is 3.13. The van der Waals surface area contributed by atoms with Gasteiger partial charge in [-0.25, -0.2) is 4.68 Å². The summed E-state index contributed by atoms with van der Waals surface area (Å²) in [7, 11) is 0. The van der Waals surface area contributed by atoms with Gasteiger partial charge in [-0.3, -0.25) is 0 Å². The standard InChI is InChI=1S/C18H25N3O/c1-14(19-16-8-10-22-11-9-16)12-18-13-15(2)20-21(18)17-6-4-3-5-7-17/h3-7,13-14,16,19H,8-12H2,1-2H3/t14-/m1/s1. The van der Waals surface area contributed by atoms with E-state index in [1.54, 1.807) is 0 Å². The van der Waals surface area contributed by atoms with Crippen LogP contribution in [0.15, 0.2) is 36.4 Å². The summed E-state index contributed by atoms with van der Waals surface area (Å²) in [6.07, 6.45) is 3.20. The Labute approximate surface area is 132 Å². The highest BCUT2D eigenvalue weighted by molar-refractivity contribution is 5.33. The van der Waals surface area contributed by atoms with Crippen LogP contribution in [0.3, 0.4) is 0 Å². The van der Waals surface area contributed by atoms with Crippen LogP contribution < -0.4 is 5.32 Å². The van der Waals surface area contributed by atoms with E-state index in [9.17, 15) is 0 Å². The fourth-order valence-electron chi connectivity index (χ4n) is 3.13. The van der Waals surface area contributed by atoms with Gasteiger partial charge < -0.3 is 10.1 Å². The van der Waals surface area contributed by atoms with Crippen molar-refractivity contribution >= 4 is 0 Å². The molecule has 0 spiro atoms. The molecule has 22 heavy (non-hydrogen) atoms. The van der Waals surface area contributed by atoms with Crippen LogP contribution in [0.25, 0.3) is 5.69 Å². The van der Waals surface area contributed by atoms with Gasteiger partial charge in [0.25, 0.3) is 0 Å². The minimum absolute atomic E-state index is 0.432. The molecule has 1 aromatic heterocycles. The van der Waals surface area contributed by atoms with Gasteiger partial charge in [0.1, 0.15) is 0 Å². The highest BCUT2D eigenvalue weighted by Gasteiger charge is 2.17. The first kappa shape index (κ1) is 15.3. The predicted octanol–water partition coefficient (Wildman–Crippen LogP) is 2.88. The molecule has 1 N–H and O–H groups in total. The summed E-state index contributed by atoms with van der Waals surface area (Å²) >= 11 is 0. The van der Waals surface area contributed by atoms with Gasteiger partial charge >= 0.3 is 0 Å². The van der Waals surface area contributed by atoms with E-state index in [0.717, 1.165) is 43.9 Å². The highest BCUT2D eigenvalue weighted by Crippen LogP contribution is 2.15. The lowest BCUT2D eigenvalue weighted by atomic mass is 10.1. The molecule has 1 saturated heterocycles. The summed E-state index contributed by atoms with van der Waals surface area (Å²) in [5.41, 5.74) is 3.46. The van der Waals surface area contributed by atoms with E-state index in [1.807, 2.05) is 6.07 Å². The second-order valence-corrected chi connectivity index (χ2v) is 6.18. The number of nitrogens with one attached hydrogen (secondary N) is 1. The molecule has 0 radical (unpaired) electrons. The summed E-state index contributed by atoms with van der Waals surface area (Å²) in [4.78, 5) is 0. The molecule has 4 heteroatoms. The van der Waals surface area contributed by atoms with Crippen LogP contribution in [-0.2, 0) is 11.2 Å². The van der Waals surface area contributed by atoms with Crippen LogP contribution in [0.1, 0.15) is 31.2 Å². The lowest BCUT2D eigenvalue weighted by Gasteiger charge is -2.26. The topological polar surface area (TPSA) is 39.1 Å². The summed E-state index contributed by atoms with van der Waals surface area (Å²) in [6.45, 7) is 6.07. The lowest BCUT2D eigenvalue weighted by Crippen LogP contribution is -2.41. The Morgan fingerprint density at radius 2 is 2.00 bits per heavy atom. The molecule has 0 bridgehead atoms. The molecule has 1 aliphatic heterocycles. The van der Waals surface area contributed by atoms with Crippen molar-refractivity contribution in [1.29, 1.82) is 0 Å². The van der Waals surface area contributed by atoms with Crippen molar-refractivity contribution in [3.8, 4) is 5.69 Å². The van der Waals surface area contributed by atoms with E-state index in [1.165, 1.54) is 5.69 Å². The first-order chi connectivity index (χ1) is 10.7. The maximum Gasteiger partial charge on any atom is 0.0648 e. The van der Waals surface area contributed by atoms with E-state index in [4.69, 9.17) is 4.74 Å². The number of para-hydroxylation sites is 1. The highest BCUT2D eigenvalue weighted by atomic mass is 16.5. The predicted molar refractivity (Wildman–Crippen MR) is 88.4 cm³/mol. The zero-order valence-corrected chi connectivity index (χ0v) is 13.5. The van der Waals surface area contributed by atoms with Gasteiger partial charge in [-0.2, -0.15) is 5.10 Å². The van der Waals surface area contributed by atoms with E-state index in [0.29, 0.717) is 12.1 Å². The number of hydrogen-bond donors (Lipinski definition) is 1. The third-order valence-corrected chi connectivity index (χ3v) is 4.16. The number of ether oxygens (including phenoxy) is 1. The van der Waals surface area contributed by atoms with E-state index in [2.05, 4.69) is 59.3 Å². The van der Waals surface area contributed by atoms with Crippen molar-refractivity contribution in [2.45, 2.75) is 45.2 Å². The summed E-state index contributed by atoms with van der Waals surface area (Å²) in [5, 5.41) is 8.38. The first-order valence-corrected chi connectivity index (χ1v) is 8.17. The second kappa shape index (κ2) is 7.07. The number of aromatic nitrogens is 2. The van der Waals surface area contributed by atoms with Gasteiger partial charge in [0.2, 0.25) is 0 Å². The normalized spacial score (nSPS) is 17.5. The van der Waals surface area contributed by atoms with Crippen LogP contribution in [-0.4, -0.2) is 35.1 Å². The van der Waals surface area contributed by atoms with Crippen LogP contribution in [0, 0.1) is 6.92 Å². The molecular formula is C18H25N3O. The maximum absolute atomic E-state index is 5.43. The molecule has 118 valence electrons. The smallest absolute Gasteiger partial charge is 0.0648 e. The molecule has 2 aromatic rings. The number of rotatable bonds is 5. The average Bonchev–Trinajstić information content (AvgIpc) is 2.89. The number of nitrogens with zero attached hydrogens (tertiary/aromatic N) is 2. The van der Waals surface area contributed by atoms with Crippen LogP contribution in [0.5, 0.6) is 0 Å². The Hall–Kier alpha value is -1.65. The molecule has 4 nitrogen and oxygen atoms in total. The summed E-state index contributed by atoms with van der Waals surface area (Å²) < 4.78 is 7.49. The zero-order valence-electron chi connectivity index (χ0n) is 13.5. The molecule has 2 heterocycles. The van der Waals surface area contributed by atoms with Crippen molar-refractivity contribution < 1.29 is 4.74 Å². The molecule has 1 fully saturated rings. The fraction of sp³-hybridized carbons (Fsp3) is 0.500. The average molecular weight is 299 g/mol. The minimum Gasteiger partial charge on any atom is -0.381 e. The van der Waals surface area contributed by atoms with Crippen molar-refractivity contribution in [3.05, 3.63) is 47.8 Å². The van der Waals surface area contributed by atoms with Gasteiger partial charge in [0.05, 0.1) is 11.4 Å². The van der Waals surface area contributed by atoms with Crippen molar-refractivity contribution in [2.24, 2.45) is 0 Å². The van der Waals surface area contributed by atoms with Crippen LogP contribution >= 0.6 is 0 Å². The Bertz CT molecular complexity index is 588. The molecule has 0 saturated carbocycles. The minimum atomic E-state index is 0.432. The molecule has 1 aromatic carbocycles. The molecule has 3 rings (SSSR count). The number of hydrogen-bond acceptors (Lipinski definition) is 3. The monoisotopic (exact) mass is 299 g/mol. The first-order valence-electron chi connectivity index (χ1n) is 8.17. The van der Waals surface area contributed by atoms with Crippen LogP contribution in [0.2, 0.25) is 0 Å². The van der Waals surface area contributed by atoms with Crippen molar-refractivity contribution in [3.63, 3.8) is 0 Å². The third-order valence-electron chi connectivity index (χ3n) is 4.16. The number of aryl methyl sites for hydroxylation is 1. The van der Waals surface area contributed by atoms with Gasteiger partial charge in [-0.15, -0.1) is 0 Å². The Morgan fingerprint density at radius 1 is 1.27 bits per heavy atom. The molecule has 0 aliphatic carbocycles. The summed E-state index contributed by atoms with van der Waals surface area (Å²) in [6, 6.07) is 13.6. The zero-order chi connectivity index (χ0) is 15.4. The Kier molecular flexibility index (Phi) is 4.90. The van der Waals surface area contributed by atoms with E-state index < -0.39 is 0 Å². The molecule has 0 amide bonds. The largest absolute Gasteiger partial charge is 0.381 e. The van der Waals surface area contributed by atoms with Gasteiger partial charge in [-0.1, -0.05) is 18.2 Å². The van der Waals surface area contributed by atoms with Crippen LogP contribution in [0.4, 0.5) is 0 Å². The van der Waals surface area contributed by atoms with Gasteiger partial charge in [-0.05, 0) is 44.9 Å². The molecule has 1 aliphatic rings. The molecule has 1 atom stereocenters. The Balaban J connectivity index is 1.69. The van der Waals surface area contributed by atoms with Gasteiger partial charge in [0.15, 0.2) is 0 Å². The number of benzene rings is 1. The Morgan fingerprint density at radius 3 is 2.73 bits per heavy atom. The van der Waals surface area contributed by atoms with E-state index >= 15 is 0 Å². The SMILES string of the molecule is Cc1cc(C[C@@H](C)NC2CCOCC2)n(-c2ccccc2)n1. The second-order valence-electron chi connectivity index (χ2n) is 6.18. The molecular weight excluding hydrogens is 274 g/mol. The maximum atomic E-state index is 5.43. The lowest BCUT2D eigenvalue weighted by molar-refractivity contribution is 0.0754.